The van der Waals surface area contributed by atoms with Crippen molar-refractivity contribution in [2.45, 2.75) is 0 Å². The molecule has 0 spiro atoms. The maximum Gasteiger partial charge on any atom is 0.335 e. The molecule has 0 saturated heterocycles. The molecular formula is C19H17Cl2N5O2. The molecule has 2 aromatic carbocycles. The molecule has 0 aliphatic rings. The van der Waals surface area contributed by atoms with Crippen molar-refractivity contribution in [1.82, 2.24) is 15.3 Å². The molecule has 3 amide bonds. The van der Waals surface area contributed by atoms with Crippen LogP contribution in [0.4, 0.5) is 16.2 Å². The maximum absolute atomic E-state index is 12.7. The van der Waals surface area contributed by atoms with E-state index in [1.54, 1.807) is 56.7 Å². The number of hydrogen-bond acceptors (Lipinski definition) is 4. The van der Waals surface area contributed by atoms with Gasteiger partial charge >= 0.3 is 6.03 Å². The third-order valence-corrected chi connectivity index (χ3v) is 4.55. The highest BCUT2D eigenvalue weighted by atomic mass is 35.5. The normalized spacial score (nSPS) is 10.4. The summed E-state index contributed by atoms with van der Waals surface area (Å²) in [6.07, 6.45) is 1.57. The predicted molar refractivity (Wildman–Crippen MR) is 112 cm³/mol. The molecule has 144 valence electrons. The van der Waals surface area contributed by atoms with E-state index >= 15 is 0 Å². The van der Waals surface area contributed by atoms with Crippen LogP contribution in [0.5, 0.6) is 0 Å². The first kappa shape index (κ1) is 19.7. The average molecular weight is 418 g/mol. The van der Waals surface area contributed by atoms with Crippen LogP contribution < -0.4 is 16.2 Å². The smallest absolute Gasteiger partial charge is 0.330 e. The standard InChI is InChI=1S/C19H17Cl2N5O2/c1-26(2)19(28)25-24-14-9-10-22-17-11(14)5-3-8-15(17)23-18(27)16-12(20)6-4-7-13(16)21/h3-10H,1-2H3,(H,22,24)(H,23,27)(H,25,28). The Kier molecular flexibility index (Phi) is 5.87. The minimum absolute atomic E-state index is 0.190. The number of aromatic nitrogens is 1. The molecule has 0 aliphatic carbocycles. The lowest BCUT2D eigenvalue weighted by molar-refractivity contribution is 0.102. The summed E-state index contributed by atoms with van der Waals surface area (Å²) in [5.74, 6) is -0.441. The third kappa shape index (κ3) is 4.11. The Balaban J connectivity index is 1.92. The van der Waals surface area contributed by atoms with Crippen molar-refractivity contribution in [1.29, 1.82) is 0 Å². The zero-order chi connectivity index (χ0) is 20.3. The quantitative estimate of drug-likeness (QED) is 0.549. The number of amides is 3. The van der Waals surface area contributed by atoms with Gasteiger partial charge < -0.3 is 10.2 Å². The van der Waals surface area contributed by atoms with E-state index in [-0.39, 0.29) is 21.6 Å². The minimum atomic E-state index is -0.441. The molecule has 3 N–H and O–H groups in total. The largest absolute Gasteiger partial charge is 0.335 e. The number of pyridine rings is 1. The summed E-state index contributed by atoms with van der Waals surface area (Å²) in [5, 5.41) is 4.02. The lowest BCUT2D eigenvalue weighted by atomic mass is 10.1. The van der Waals surface area contributed by atoms with Crippen LogP contribution in [0.15, 0.2) is 48.7 Å². The number of carbonyl (C=O) groups is 2. The number of halogens is 2. The van der Waals surface area contributed by atoms with Gasteiger partial charge in [-0.1, -0.05) is 41.4 Å². The highest BCUT2D eigenvalue weighted by molar-refractivity contribution is 6.40. The summed E-state index contributed by atoms with van der Waals surface area (Å²) < 4.78 is 0. The van der Waals surface area contributed by atoms with Crippen molar-refractivity contribution in [3.63, 3.8) is 0 Å². The first-order chi connectivity index (χ1) is 13.4. The van der Waals surface area contributed by atoms with Crippen LogP contribution >= 0.6 is 23.2 Å². The number of nitrogens with zero attached hydrogens (tertiary/aromatic N) is 2. The molecule has 0 aliphatic heterocycles. The number of rotatable bonds is 4. The molecule has 0 atom stereocenters. The van der Waals surface area contributed by atoms with E-state index in [1.165, 1.54) is 4.90 Å². The van der Waals surface area contributed by atoms with Crippen molar-refractivity contribution in [3.8, 4) is 0 Å². The van der Waals surface area contributed by atoms with Crippen molar-refractivity contribution < 1.29 is 9.59 Å². The Bertz CT molecular complexity index is 1040. The Labute approximate surface area is 171 Å². The van der Waals surface area contributed by atoms with Crippen molar-refractivity contribution in [3.05, 3.63) is 64.3 Å². The molecule has 28 heavy (non-hydrogen) atoms. The number of para-hydroxylation sites is 1. The summed E-state index contributed by atoms with van der Waals surface area (Å²) in [4.78, 5) is 30.2. The van der Waals surface area contributed by atoms with Crippen LogP contribution in [-0.2, 0) is 0 Å². The average Bonchev–Trinajstić information content (AvgIpc) is 2.66. The van der Waals surface area contributed by atoms with Crippen LogP contribution in [0.2, 0.25) is 10.0 Å². The van der Waals surface area contributed by atoms with Crippen LogP contribution in [0.25, 0.3) is 10.9 Å². The molecule has 1 aromatic heterocycles. The SMILES string of the molecule is CN(C)C(=O)NNc1ccnc2c(NC(=O)c3c(Cl)cccc3Cl)cccc12. The predicted octanol–water partition coefficient (Wildman–Crippen LogP) is 4.39. The van der Waals surface area contributed by atoms with Gasteiger partial charge in [0.2, 0.25) is 0 Å². The number of fused-ring (bicyclic) bond motifs is 1. The molecule has 3 rings (SSSR count). The molecular weight excluding hydrogens is 401 g/mol. The van der Waals surface area contributed by atoms with Gasteiger partial charge in [0, 0.05) is 25.7 Å². The van der Waals surface area contributed by atoms with Gasteiger partial charge in [-0.3, -0.25) is 20.6 Å². The molecule has 0 unspecified atom stereocenters. The fraction of sp³-hybridized carbons (Fsp3) is 0.105. The summed E-state index contributed by atoms with van der Waals surface area (Å²) in [5.41, 5.74) is 7.29. The van der Waals surface area contributed by atoms with Gasteiger partial charge in [-0.05, 0) is 24.3 Å². The highest BCUT2D eigenvalue weighted by Gasteiger charge is 2.16. The van der Waals surface area contributed by atoms with Crippen LogP contribution in [0.1, 0.15) is 10.4 Å². The summed E-state index contributed by atoms with van der Waals surface area (Å²) >= 11 is 12.2. The number of anilines is 2. The van der Waals surface area contributed by atoms with Crippen molar-refractivity contribution in [2.75, 3.05) is 24.8 Å². The second kappa shape index (κ2) is 8.33. The van der Waals surface area contributed by atoms with Gasteiger partial charge in [0.25, 0.3) is 5.91 Å². The first-order valence-electron chi connectivity index (χ1n) is 8.25. The summed E-state index contributed by atoms with van der Waals surface area (Å²) in [6, 6.07) is 11.6. The van der Waals surface area contributed by atoms with Gasteiger partial charge in [-0.25, -0.2) is 4.79 Å². The summed E-state index contributed by atoms with van der Waals surface area (Å²) in [7, 11) is 3.27. The van der Waals surface area contributed by atoms with Crippen LogP contribution in [0.3, 0.4) is 0 Å². The first-order valence-corrected chi connectivity index (χ1v) is 9.00. The summed E-state index contributed by atoms with van der Waals surface area (Å²) in [6.45, 7) is 0. The van der Waals surface area contributed by atoms with Gasteiger partial charge in [0.05, 0.1) is 32.5 Å². The van der Waals surface area contributed by atoms with E-state index in [0.29, 0.717) is 22.3 Å². The lowest BCUT2D eigenvalue weighted by Crippen LogP contribution is -2.38. The number of nitrogens with one attached hydrogen (secondary N) is 3. The Morgan fingerprint density at radius 3 is 2.32 bits per heavy atom. The number of hydrogen-bond donors (Lipinski definition) is 3. The molecule has 0 fully saturated rings. The molecule has 3 aromatic rings. The van der Waals surface area contributed by atoms with Gasteiger partial charge in [-0.15, -0.1) is 0 Å². The molecule has 7 nitrogen and oxygen atoms in total. The van der Waals surface area contributed by atoms with Gasteiger partial charge in [0.15, 0.2) is 0 Å². The zero-order valence-corrected chi connectivity index (χ0v) is 16.6. The lowest BCUT2D eigenvalue weighted by Gasteiger charge is -2.16. The zero-order valence-electron chi connectivity index (χ0n) is 15.1. The molecule has 9 heteroatoms. The fourth-order valence-electron chi connectivity index (χ4n) is 2.52. The van der Waals surface area contributed by atoms with Crippen LogP contribution in [0, 0.1) is 0 Å². The second-order valence-corrected chi connectivity index (χ2v) is 6.88. The van der Waals surface area contributed by atoms with Gasteiger partial charge in [-0.2, -0.15) is 0 Å². The molecule has 0 bridgehead atoms. The van der Waals surface area contributed by atoms with E-state index in [4.69, 9.17) is 23.2 Å². The Hall–Kier alpha value is -3.03. The van der Waals surface area contributed by atoms with Crippen molar-refractivity contribution >= 4 is 57.4 Å². The van der Waals surface area contributed by atoms with E-state index in [2.05, 4.69) is 21.2 Å². The van der Waals surface area contributed by atoms with E-state index in [1.807, 2.05) is 6.07 Å². The Morgan fingerprint density at radius 1 is 0.964 bits per heavy atom. The number of benzene rings is 2. The van der Waals surface area contributed by atoms with E-state index in [9.17, 15) is 9.59 Å². The number of hydrazine groups is 1. The highest BCUT2D eigenvalue weighted by Crippen LogP contribution is 2.29. The Morgan fingerprint density at radius 2 is 1.64 bits per heavy atom. The fourth-order valence-corrected chi connectivity index (χ4v) is 3.09. The van der Waals surface area contributed by atoms with E-state index < -0.39 is 5.91 Å². The maximum atomic E-state index is 12.7. The topological polar surface area (TPSA) is 86.4 Å². The van der Waals surface area contributed by atoms with Crippen molar-refractivity contribution in [2.24, 2.45) is 0 Å². The molecule has 0 saturated carbocycles. The second-order valence-electron chi connectivity index (χ2n) is 6.06. The number of urea groups is 1. The minimum Gasteiger partial charge on any atom is -0.330 e. The molecule has 1 heterocycles. The monoisotopic (exact) mass is 417 g/mol. The van der Waals surface area contributed by atoms with E-state index in [0.717, 1.165) is 0 Å². The molecule has 0 radical (unpaired) electrons. The van der Waals surface area contributed by atoms with Gasteiger partial charge in [0.1, 0.15) is 0 Å². The van der Waals surface area contributed by atoms with Crippen LogP contribution in [-0.4, -0.2) is 35.9 Å². The number of carbonyl (C=O) groups excluding carboxylic acids is 2. The third-order valence-electron chi connectivity index (χ3n) is 3.92.